The molecule has 1 aromatic carbocycles. The highest BCUT2D eigenvalue weighted by molar-refractivity contribution is 5.92. The van der Waals surface area contributed by atoms with E-state index >= 15 is 0 Å². The summed E-state index contributed by atoms with van der Waals surface area (Å²) in [6.07, 6.45) is 0.354. The highest BCUT2D eigenvalue weighted by Crippen LogP contribution is 2.23. The smallest absolute Gasteiger partial charge is 0.326 e. The fraction of sp³-hybridized carbons (Fsp3) is 0.308. The van der Waals surface area contributed by atoms with Crippen molar-refractivity contribution in [2.45, 2.75) is 25.4 Å². The van der Waals surface area contributed by atoms with Crippen molar-refractivity contribution < 1.29 is 23.9 Å². The Morgan fingerprint density at radius 1 is 1.45 bits per heavy atom. The van der Waals surface area contributed by atoms with Gasteiger partial charge in [-0.3, -0.25) is 9.59 Å². The van der Waals surface area contributed by atoms with Gasteiger partial charge in [-0.1, -0.05) is 6.07 Å². The average molecular weight is 280 g/mol. The van der Waals surface area contributed by atoms with Crippen molar-refractivity contribution in [3.63, 3.8) is 0 Å². The number of nitrogens with zero attached hydrogens (tertiary/aromatic N) is 1. The molecule has 0 aromatic heterocycles. The van der Waals surface area contributed by atoms with Gasteiger partial charge in [0.2, 0.25) is 11.8 Å². The Bertz CT molecular complexity index is 588. The minimum Gasteiger partial charge on any atom is -0.480 e. The second-order valence-corrected chi connectivity index (χ2v) is 4.58. The highest BCUT2D eigenvalue weighted by atomic mass is 19.1. The summed E-state index contributed by atoms with van der Waals surface area (Å²) in [6, 6.07) is 2.73. The van der Waals surface area contributed by atoms with Crippen LogP contribution in [0.2, 0.25) is 0 Å². The lowest BCUT2D eigenvalue weighted by atomic mass is 10.1. The molecule has 2 rings (SSSR count). The predicted molar refractivity (Wildman–Crippen MR) is 66.1 cm³/mol. The van der Waals surface area contributed by atoms with Crippen molar-refractivity contribution in [1.82, 2.24) is 4.90 Å². The Balaban J connectivity index is 2.23. The number of amides is 2. The lowest BCUT2D eigenvalue weighted by Gasteiger charge is -2.21. The van der Waals surface area contributed by atoms with Crippen LogP contribution in [0.3, 0.4) is 0 Å². The van der Waals surface area contributed by atoms with Crippen molar-refractivity contribution in [2.24, 2.45) is 5.73 Å². The minimum absolute atomic E-state index is 0.0220. The van der Waals surface area contributed by atoms with Crippen LogP contribution in [0, 0.1) is 5.82 Å². The number of likely N-dealkylation sites (tertiary alicyclic amines) is 1. The quantitative estimate of drug-likeness (QED) is 0.838. The number of carbonyl (C=O) groups is 3. The fourth-order valence-electron chi connectivity index (χ4n) is 2.20. The van der Waals surface area contributed by atoms with E-state index in [0.29, 0.717) is 0 Å². The first-order valence-electron chi connectivity index (χ1n) is 6.00. The molecule has 20 heavy (non-hydrogen) atoms. The molecule has 0 saturated carbocycles. The van der Waals surface area contributed by atoms with Crippen molar-refractivity contribution in [3.8, 4) is 0 Å². The monoisotopic (exact) mass is 280 g/mol. The number of hydrogen-bond acceptors (Lipinski definition) is 3. The summed E-state index contributed by atoms with van der Waals surface area (Å²) >= 11 is 0. The number of benzene rings is 1. The van der Waals surface area contributed by atoms with Crippen LogP contribution < -0.4 is 5.73 Å². The molecule has 1 aromatic rings. The molecule has 7 heteroatoms. The van der Waals surface area contributed by atoms with Gasteiger partial charge >= 0.3 is 5.97 Å². The van der Waals surface area contributed by atoms with E-state index in [9.17, 15) is 18.8 Å². The van der Waals surface area contributed by atoms with Crippen LogP contribution in [-0.4, -0.2) is 33.8 Å². The number of hydrogen-bond donors (Lipinski definition) is 2. The first-order valence-corrected chi connectivity index (χ1v) is 6.00. The number of rotatable bonds is 4. The topological polar surface area (TPSA) is 101 Å². The molecule has 0 spiro atoms. The molecule has 1 saturated heterocycles. The summed E-state index contributed by atoms with van der Waals surface area (Å²) in [5.74, 6) is -2.87. The van der Waals surface area contributed by atoms with Crippen LogP contribution in [0.25, 0.3) is 0 Å². The van der Waals surface area contributed by atoms with Gasteiger partial charge < -0.3 is 15.7 Å². The first kappa shape index (κ1) is 14.0. The molecule has 1 fully saturated rings. The third kappa shape index (κ3) is 2.61. The third-order valence-corrected chi connectivity index (χ3v) is 3.29. The molecule has 3 N–H and O–H groups in total. The molecule has 0 radical (unpaired) electrons. The van der Waals surface area contributed by atoms with Crippen LogP contribution in [0.5, 0.6) is 0 Å². The molecule has 1 aliphatic rings. The lowest BCUT2D eigenvalue weighted by Crippen LogP contribution is -2.38. The lowest BCUT2D eigenvalue weighted by molar-refractivity contribution is -0.146. The van der Waals surface area contributed by atoms with E-state index in [1.807, 2.05) is 0 Å². The van der Waals surface area contributed by atoms with E-state index in [1.165, 1.54) is 12.1 Å². The molecule has 2 amide bonds. The maximum absolute atomic E-state index is 13.8. The highest BCUT2D eigenvalue weighted by Gasteiger charge is 2.36. The molecule has 6 nitrogen and oxygen atoms in total. The zero-order chi connectivity index (χ0) is 14.9. The van der Waals surface area contributed by atoms with Crippen molar-refractivity contribution >= 4 is 17.8 Å². The van der Waals surface area contributed by atoms with Gasteiger partial charge in [0.05, 0.1) is 0 Å². The van der Waals surface area contributed by atoms with Crippen molar-refractivity contribution in [2.75, 3.05) is 0 Å². The molecular weight excluding hydrogens is 267 g/mol. The van der Waals surface area contributed by atoms with E-state index in [2.05, 4.69) is 0 Å². The summed E-state index contributed by atoms with van der Waals surface area (Å²) in [6.45, 7) is -0.138. The van der Waals surface area contributed by atoms with Crippen LogP contribution in [0.15, 0.2) is 18.2 Å². The van der Waals surface area contributed by atoms with Gasteiger partial charge in [-0.15, -0.1) is 0 Å². The Morgan fingerprint density at radius 3 is 2.70 bits per heavy atom. The fourth-order valence-corrected chi connectivity index (χ4v) is 2.20. The van der Waals surface area contributed by atoms with E-state index in [0.717, 1.165) is 11.0 Å². The predicted octanol–water partition coefficient (Wildman–Crippen LogP) is 0.500. The average Bonchev–Trinajstić information content (AvgIpc) is 2.73. The first-order chi connectivity index (χ1) is 9.40. The molecule has 106 valence electrons. The van der Waals surface area contributed by atoms with E-state index in [1.54, 1.807) is 0 Å². The number of carboxylic acid groups (broad SMARTS) is 1. The minimum atomic E-state index is -1.11. The summed E-state index contributed by atoms with van der Waals surface area (Å²) in [5, 5.41) is 9.02. The number of primary amides is 1. The summed E-state index contributed by atoms with van der Waals surface area (Å²) in [7, 11) is 0. The molecule has 1 aliphatic heterocycles. The van der Waals surface area contributed by atoms with Gasteiger partial charge in [0.15, 0.2) is 0 Å². The van der Waals surface area contributed by atoms with Crippen LogP contribution >= 0.6 is 0 Å². The maximum atomic E-state index is 13.8. The van der Waals surface area contributed by atoms with E-state index in [-0.39, 0.29) is 36.4 Å². The Kier molecular flexibility index (Phi) is 3.69. The van der Waals surface area contributed by atoms with Gasteiger partial charge in [-0.05, 0) is 18.6 Å². The molecular formula is C13H13FN2O4. The van der Waals surface area contributed by atoms with Gasteiger partial charge in [-0.2, -0.15) is 0 Å². The number of carboxylic acids is 1. The second kappa shape index (κ2) is 5.28. The number of aliphatic carboxylic acids is 1. The van der Waals surface area contributed by atoms with Crippen LogP contribution in [0.1, 0.15) is 28.8 Å². The number of nitrogens with two attached hydrogens (primary N) is 1. The summed E-state index contributed by atoms with van der Waals surface area (Å²) in [5.41, 5.74) is 5.20. The van der Waals surface area contributed by atoms with E-state index < -0.39 is 23.7 Å². The van der Waals surface area contributed by atoms with Crippen LogP contribution in [-0.2, 0) is 16.1 Å². The molecule has 1 unspecified atom stereocenters. The standard InChI is InChI=1S/C13H13FN2O4/c14-9-5-7(12(15)18)1-2-8(9)6-16-10(13(19)20)3-4-11(16)17/h1-2,5,10H,3-4,6H2,(H2,15,18)(H,19,20). The molecule has 1 atom stereocenters. The largest absolute Gasteiger partial charge is 0.480 e. The van der Waals surface area contributed by atoms with Crippen molar-refractivity contribution in [1.29, 1.82) is 0 Å². The Labute approximate surface area is 114 Å². The molecule has 0 bridgehead atoms. The SMILES string of the molecule is NC(=O)c1ccc(CN2C(=O)CCC2C(=O)O)c(F)c1. The van der Waals surface area contributed by atoms with Crippen LogP contribution in [0.4, 0.5) is 4.39 Å². The van der Waals surface area contributed by atoms with Gasteiger partial charge in [0.25, 0.3) is 0 Å². The third-order valence-electron chi connectivity index (χ3n) is 3.29. The second-order valence-electron chi connectivity index (χ2n) is 4.58. The van der Waals surface area contributed by atoms with Crippen molar-refractivity contribution in [3.05, 3.63) is 35.1 Å². The molecule has 0 aliphatic carbocycles. The number of halogens is 1. The molecule has 1 heterocycles. The van der Waals surface area contributed by atoms with Gasteiger partial charge in [-0.25, -0.2) is 9.18 Å². The van der Waals surface area contributed by atoms with E-state index in [4.69, 9.17) is 10.8 Å². The Hall–Kier alpha value is -2.44. The zero-order valence-electron chi connectivity index (χ0n) is 10.5. The Morgan fingerprint density at radius 2 is 2.15 bits per heavy atom. The van der Waals surface area contributed by atoms with Gasteiger partial charge in [0.1, 0.15) is 11.9 Å². The summed E-state index contributed by atoms with van der Waals surface area (Å²) in [4.78, 5) is 34.7. The maximum Gasteiger partial charge on any atom is 0.326 e. The zero-order valence-corrected chi connectivity index (χ0v) is 10.5. The normalized spacial score (nSPS) is 18.4. The van der Waals surface area contributed by atoms with Gasteiger partial charge in [0, 0.05) is 24.1 Å². The summed E-state index contributed by atoms with van der Waals surface area (Å²) < 4.78 is 13.8. The number of carbonyl (C=O) groups excluding carboxylic acids is 2.